The Labute approximate surface area is 86.1 Å². The standard InChI is InChI=1S/C12H20N2/c1-9-7-11(10(2)14-9)8-12-5-3-4-6-13-12/h7,12-14H,3-6,8H2,1-2H3. The number of rotatable bonds is 2. The number of hydrogen-bond acceptors (Lipinski definition) is 1. The van der Waals surface area contributed by atoms with Crippen LogP contribution in [0.5, 0.6) is 0 Å². The summed E-state index contributed by atoms with van der Waals surface area (Å²) in [5.41, 5.74) is 4.12. The van der Waals surface area contributed by atoms with Gasteiger partial charge in [-0.05, 0) is 51.3 Å². The summed E-state index contributed by atoms with van der Waals surface area (Å²) in [6.07, 6.45) is 5.27. The zero-order valence-electron chi connectivity index (χ0n) is 9.19. The first kappa shape index (κ1) is 9.78. The number of piperidine rings is 1. The molecule has 1 fully saturated rings. The highest BCUT2D eigenvalue weighted by molar-refractivity contribution is 5.25. The Morgan fingerprint density at radius 2 is 2.21 bits per heavy atom. The van der Waals surface area contributed by atoms with Gasteiger partial charge in [-0.15, -0.1) is 0 Å². The normalized spacial score (nSPS) is 22.6. The molecule has 78 valence electrons. The lowest BCUT2D eigenvalue weighted by Crippen LogP contribution is -2.35. The quantitative estimate of drug-likeness (QED) is 0.739. The molecular formula is C12H20N2. The predicted octanol–water partition coefficient (Wildman–Crippen LogP) is 2.32. The fraction of sp³-hybridized carbons (Fsp3) is 0.667. The van der Waals surface area contributed by atoms with Gasteiger partial charge in [0.2, 0.25) is 0 Å². The molecule has 2 nitrogen and oxygen atoms in total. The van der Waals surface area contributed by atoms with Crippen molar-refractivity contribution in [3.8, 4) is 0 Å². The van der Waals surface area contributed by atoms with Gasteiger partial charge in [0.25, 0.3) is 0 Å². The van der Waals surface area contributed by atoms with Gasteiger partial charge < -0.3 is 10.3 Å². The van der Waals surface area contributed by atoms with Crippen molar-refractivity contribution >= 4 is 0 Å². The van der Waals surface area contributed by atoms with E-state index in [2.05, 4.69) is 30.2 Å². The Morgan fingerprint density at radius 1 is 1.36 bits per heavy atom. The molecule has 1 aromatic heterocycles. The Bertz CT molecular complexity index is 295. The monoisotopic (exact) mass is 192 g/mol. The molecule has 0 aliphatic carbocycles. The van der Waals surface area contributed by atoms with Crippen LogP contribution in [0.25, 0.3) is 0 Å². The zero-order chi connectivity index (χ0) is 9.97. The minimum atomic E-state index is 0.706. The molecule has 2 rings (SSSR count). The van der Waals surface area contributed by atoms with Crippen LogP contribution in [0.15, 0.2) is 6.07 Å². The Kier molecular flexibility index (Phi) is 2.92. The van der Waals surface area contributed by atoms with E-state index in [9.17, 15) is 0 Å². The van der Waals surface area contributed by atoms with E-state index in [-0.39, 0.29) is 0 Å². The minimum absolute atomic E-state index is 0.706. The van der Waals surface area contributed by atoms with Gasteiger partial charge in [-0.2, -0.15) is 0 Å². The SMILES string of the molecule is Cc1cc(CC2CCCCN2)c(C)[nH]1. The molecule has 2 heteroatoms. The molecule has 1 atom stereocenters. The number of aromatic nitrogens is 1. The van der Waals surface area contributed by atoms with Crippen LogP contribution in [0.4, 0.5) is 0 Å². The Balaban J connectivity index is 1.98. The van der Waals surface area contributed by atoms with Crippen molar-refractivity contribution in [1.29, 1.82) is 0 Å². The molecule has 0 spiro atoms. The van der Waals surface area contributed by atoms with Crippen LogP contribution in [0.3, 0.4) is 0 Å². The maximum Gasteiger partial charge on any atom is 0.0150 e. The third-order valence-corrected chi connectivity index (χ3v) is 3.14. The van der Waals surface area contributed by atoms with Gasteiger partial charge in [-0.3, -0.25) is 0 Å². The Hall–Kier alpha value is -0.760. The van der Waals surface area contributed by atoms with Crippen molar-refractivity contribution in [3.63, 3.8) is 0 Å². The van der Waals surface area contributed by atoms with Crippen LogP contribution >= 0.6 is 0 Å². The maximum atomic E-state index is 3.59. The second-order valence-electron chi connectivity index (χ2n) is 4.45. The van der Waals surface area contributed by atoms with E-state index < -0.39 is 0 Å². The molecule has 0 aromatic carbocycles. The van der Waals surface area contributed by atoms with Gasteiger partial charge in [-0.25, -0.2) is 0 Å². The average Bonchev–Trinajstić information content (AvgIpc) is 2.47. The topological polar surface area (TPSA) is 27.8 Å². The van der Waals surface area contributed by atoms with Crippen molar-refractivity contribution in [2.45, 2.75) is 45.6 Å². The van der Waals surface area contributed by atoms with Crippen LogP contribution in [0.2, 0.25) is 0 Å². The highest BCUT2D eigenvalue weighted by Crippen LogP contribution is 2.16. The van der Waals surface area contributed by atoms with E-state index in [1.165, 1.54) is 49.2 Å². The molecule has 1 aliphatic rings. The summed E-state index contributed by atoms with van der Waals surface area (Å²) in [6, 6.07) is 2.99. The first-order valence-electron chi connectivity index (χ1n) is 5.64. The molecule has 1 saturated heterocycles. The van der Waals surface area contributed by atoms with E-state index in [1.807, 2.05) is 0 Å². The lowest BCUT2D eigenvalue weighted by Gasteiger charge is -2.23. The smallest absolute Gasteiger partial charge is 0.0150 e. The van der Waals surface area contributed by atoms with Crippen molar-refractivity contribution < 1.29 is 0 Å². The summed E-state index contributed by atoms with van der Waals surface area (Å²) in [5, 5.41) is 3.59. The molecule has 14 heavy (non-hydrogen) atoms. The molecule has 0 bridgehead atoms. The van der Waals surface area contributed by atoms with E-state index in [0.717, 1.165) is 0 Å². The number of aryl methyl sites for hydroxylation is 2. The fourth-order valence-electron chi connectivity index (χ4n) is 2.36. The largest absolute Gasteiger partial charge is 0.362 e. The molecule has 0 saturated carbocycles. The summed E-state index contributed by atoms with van der Waals surface area (Å²) < 4.78 is 0. The lowest BCUT2D eigenvalue weighted by atomic mass is 9.98. The highest BCUT2D eigenvalue weighted by atomic mass is 14.9. The first-order valence-corrected chi connectivity index (χ1v) is 5.64. The number of H-pyrrole nitrogens is 1. The number of aromatic amines is 1. The summed E-state index contributed by atoms with van der Waals surface area (Å²) in [5.74, 6) is 0. The average molecular weight is 192 g/mol. The maximum absolute atomic E-state index is 3.59. The van der Waals surface area contributed by atoms with Gasteiger partial charge in [-0.1, -0.05) is 6.42 Å². The van der Waals surface area contributed by atoms with Gasteiger partial charge >= 0.3 is 0 Å². The molecule has 2 heterocycles. The van der Waals surface area contributed by atoms with E-state index in [4.69, 9.17) is 0 Å². The van der Waals surface area contributed by atoms with Crippen LogP contribution in [-0.4, -0.2) is 17.6 Å². The Morgan fingerprint density at radius 3 is 2.79 bits per heavy atom. The molecule has 2 N–H and O–H groups in total. The highest BCUT2D eigenvalue weighted by Gasteiger charge is 2.14. The second-order valence-corrected chi connectivity index (χ2v) is 4.45. The van der Waals surface area contributed by atoms with Crippen LogP contribution in [-0.2, 0) is 6.42 Å². The van der Waals surface area contributed by atoms with Crippen LogP contribution in [0.1, 0.15) is 36.2 Å². The third-order valence-electron chi connectivity index (χ3n) is 3.14. The van der Waals surface area contributed by atoms with Crippen molar-refractivity contribution in [3.05, 3.63) is 23.0 Å². The van der Waals surface area contributed by atoms with Crippen molar-refractivity contribution in [1.82, 2.24) is 10.3 Å². The summed E-state index contributed by atoms with van der Waals surface area (Å²) >= 11 is 0. The lowest BCUT2D eigenvalue weighted by molar-refractivity contribution is 0.399. The molecule has 0 radical (unpaired) electrons. The van der Waals surface area contributed by atoms with Crippen LogP contribution in [0, 0.1) is 13.8 Å². The fourth-order valence-corrected chi connectivity index (χ4v) is 2.36. The third kappa shape index (κ3) is 2.18. The van der Waals surface area contributed by atoms with E-state index in [1.54, 1.807) is 0 Å². The van der Waals surface area contributed by atoms with Crippen LogP contribution < -0.4 is 5.32 Å². The summed E-state index contributed by atoms with van der Waals surface area (Å²) in [4.78, 5) is 3.37. The van der Waals surface area contributed by atoms with Gasteiger partial charge in [0.05, 0.1) is 0 Å². The zero-order valence-corrected chi connectivity index (χ0v) is 9.19. The second kappa shape index (κ2) is 4.18. The predicted molar refractivity (Wildman–Crippen MR) is 59.6 cm³/mol. The summed E-state index contributed by atoms with van der Waals surface area (Å²) in [7, 11) is 0. The number of nitrogens with one attached hydrogen (secondary N) is 2. The van der Waals surface area contributed by atoms with Gasteiger partial charge in [0, 0.05) is 17.4 Å². The van der Waals surface area contributed by atoms with Crippen molar-refractivity contribution in [2.24, 2.45) is 0 Å². The van der Waals surface area contributed by atoms with E-state index in [0.29, 0.717) is 6.04 Å². The van der Waals surface area contributed by atoms with Crippen molar-refractivity contribution in [2.75, 3.05) is 6.54 Å². The summed E-state index contributed by atoms with van der Waals surface area (Å²) in [6.45, 7) is 5.50. The minimum Gasteiger partial charge on any atom is -0.362 e. The first-order chi connectivity index (χ1) is 6.75. The molecule has 1 aromatic rings. The molecular weight excluding hydrogens is 172 g/mol. The molecule has 1 unspecified atom stereocenters. The molecule has 0 amide bonds. The van der Waals surface area contributed by atoms with E-state index >= 15 is 0 Å². The van der Waals surface area contributed by atoms with Gasteiger partial charge in [0.15, 0.2) is 0 Å². The van der Waals surface area contributed by atoms with Gasteiger partial charge in [0.1, 0.15) is 0 Å². The molecule has 1 aliphatic heterocycles. The number of hydrogen-bond donors (Lipinski definition) is 2.